The molecule has 7 nitrogen and oxygen atoms in total. The zero-order chi connectivity index (χ0) is 14.3. The van der Waals surface area contributed by atoms with Gasteiger partial charge in [-0.25, -0.2) is 9.78 Å². The summed E-state index contributed by atoms with van der Waals surface area (Å²) < 4.78 is 10.1. The SMILES string of the molecule is COCC(C)NC(=O)COc1ccc(C(=O)O)nc1. The average Bonchev–Trinajstić information content (AvgIpc) is 2.37. The molecule has 0 bridgehead atoms. The fraction of sp³-hybridized carbons (Fsp3) is 0.417. The minimum absolute atomic E-state index is 0.0782. The van der Waals surface area contributed by atoms with E-state index in [1.54, 1.807) is 7.11 Å². The number of nitrogens with zero attached hydrogens (tertiary/aromatic N) is 1. The number of pyridine rings is 1. The Bertz CT molecular complexity index is 432. The third-order valence-electron chi connectivity index (χ3n) is 2.15. The zero-order valence-electron chi connectivity index (χ0n) is 10.8. The van der Waals surface area contributed by atoms with Crippen LogP contribution in [0.25, 0.3) is 0 Å². The van der Waals surface area contributed by atoms with Crippen molar-refractivity contribution in [1.29, 1.82) is 0 Å². The minimum atomic E-state index is -1.11. The molecule has 0 saturated heterocycles. The molecule has 7 heteroatoms. The number of nitrogens with one attached hydrogen (secondary N) is 1. The first kappa shape index (κ1) is 14.9. The summed E-state index contributed by atoms with van der Waals surface area (Å²) in [5.74, 6) is -1.07. The van der Waals surface area contributed by atoms with Gasteiger partial charge in [-0.05, 0) is 19.1 Å². The molecule has 19 heavy (non-hydrogen) atoms. The third kappa shape index (κ3) is 5.35. The molecule has 0 spiro atoms. The van der Waals surface area contributed by atoms with Crippen molar-refractivity contribution in [1.82, 2.24) is 10.3 Å². The van der Waals surface area contributed by atoms with Gasteiger partial charge in [-0.15, -0.1) is 0 Å². The smallest absolute Gasteiger partial charge is 0.354 e. The van der Waals surface area contributed by atoms with Crippen LogP contribution >= 0.6 is 0 Å². The number of hydrogen-bond acceptors (Lipinski definition) is 5. The molecule has 1 aromatic heterocycles. The Balaban J connectivity index is 2.39. The van der Waals surface area contributed by atoms with Gasteiger partial charge in [0.15, 0.2) is 6.61 Å². The Morgan fingerprint density at radius 1 is 1.47 bits per heavy atom. The first-order valence-electron chi connectivity index (χ1n) is 5.63. The molecule has 0 saturated carbocycles. The van der Waals surface area contributed by atoms with E-state index in [0.717, 1.165) is 0 Å². The Labute approximate surface area is 110 Å². The van der Waals surface area contributed by atoms with E-state index in [4.69, 9.17) is 14.6 Å². The number of methoxy groups -OCH3 is 1. The van der Waals surface area contributed by atoms with Crippen molar-refractivity contribution in [3.63, 3.8) is 0 Å². The predicted molar refractivity (Wildman–Crippen MR) is 66.2 cm³/mol. The standard InChI is InChI=1S/C12H16N2O5/c1-8(6-18-2)14-11(15)7-19-9-3-4-10(12(16)17)13-5-9/h3-5,8H,6-7H2,1-2H3,(H,14,15)(H,16,17). The van der Waals surface area contributed by atoms with Gasteiger partial charge in [-0.3, -0.25) is 4.79 Å². The Morgan fingerprint density at radius 3 is 2.74 bits per heavy atom. The number of aromatic carboxylic acids is 1. The van der Waals surface area contributed by atoms with Crippen molar-refractivity contribution >= 4 is 11.9 Å². The molecule has 0 aliphatic heterocycles. The molecular weight excluding hydrogens is 252 g/mol. The van der Waals surface area contributed by atoms with Crippen molar-refractivity contribution < 1.29 is 24.2 Å². The van der Waals surface area contributed by atoms with Crippen LogP contribution in [0, 0.1) is 0 Å². The Kier molecular flexibility index (Phi) is 5.74. The number of carbonyl (C=O) groups is 2. The lowest BCUT2D eigenvalue weighted by atomic mass is 10.3. The predicted octanol–water partition coefficient (Wildman–Crippen LogP) is 0.310. The second-order valence-electron chi connectivity index (χ2n) is 3.90. The summed E-state index contributed by atoms with van der Waals surface area (Å²) in [6.45, 7) is 2.06. The summed E-state index contributed by atoms with van der Waals surface area (Å²) in [6, 6.07) is 2.65. The van der Waals surface area contributed by atoms with Crippen LogP contribution in [0.2, 0.25) is 0 Å². The number of carboxylic acid groups (broad SMARTS) is 1. The van der Waals surface area contributed by atoms with Gasteiger partial charge in [-0.1, -0.05) is 0 Å². The molecule has 0 aliphatic carbocycles. The van der Waals surface area contributed by atoms with Crippen LogP contribution < -0.4 is 10.1 Å². The van der Waals surface area contributed by atoms with E-state index in [-0.39, 0.29) is 24.2 Å². The van der Waals surface area contributed by atoms with Crippen LogP contribution in [0.15, 0.2) is 18.3 Å². The largest absolute Gasteiger partial charge is 0.482 e. The average molecular weight is 268 g/mol. The van der Waals surface area contributed by atoms with Gasteiger partial charge < -0.3 is 19.9 Å². The molecule has 0 aliphatic rings. The molecule has 0 radical (unpaired) electrons. The van der Waals surface area contributed by atoms with Crippen LogP contribution in [0.3, 0.4) is 0 Å². The molecule has 1 amide bonds. The van der Waals surface area contributed by atoms with E-state index in [9.17, 15) is 9.59 Å². The van der Waals surface area contributed by atoms with Crippen molar-refractivity contribution in [2.24, 2.45) is 0 Å². The molecule has 1 heterocycles. The molecule has 1 unspecified atom stereocenters. The van der Waals surface area contributed by atoms with Gasteiger partial charge in [0.2, 0.25) is 0 Å². The summed E-state index contributed by atoms with van der Waals surface area (Å²) >= 11 is 0. The maximum Gasteiger partial charge on any atom is 0.354 e. The highest BCUT2D eigenvalue weighted by atomic mass is 16.5. The van der Waals surface area contributed by atoms with Gasteiger partial charge in [0.25, 0.3) is 5.91 Å². The van der Waals surface area contributed by atoms with Gasteiger partial charge in [0.1, 0.15) is 11.4 Å². The summed E-state index contributed by atoms with van der Waals surface area (Å²) in [6.07, 6.45) is 1.26. The second kappa shape index (κ2) is 7.32. The Morgan fingerprint density at radius 2 is 2.21 bits per heavy atom. The van der Waals surface area contributed by atoms with E-state index in [2.05, 4.69) is 10.3 Å². The van der Waals surface area contributed by atoms with E-state index in [1.165, 1.54) is 18.3 Å². The van der Waals surface area contributed by atoms with E-state index in [1.807, 2.05) is 6.92 Å². The molecule has 1 atom stereocenters. The summed E-state index contributed by atoms with van der Waals surface area (Å²) in [5.41, 5.74) is -0.0782. The van der Waals surface area contributed by atoms with Crippen LogP contribution in [-0.2, 0) is 9.53 Å². The molecular formula is C12H16N2O5. The topological polar surface area (TPSA) is 97.8 Å². The molecule has 0 fully saturated rings. The van der Waals surface area contributed by atoms with E-state index in [0.29, 0.717) is 12.4 Å². The van der Waals surface area contributed by atoms with Gasteiger partial charge in [0, 0.05) is 13.2 Å². The first-order chi connectivity index (χ1) is 9.02. The quantitative estimate of drug-likeness (QED) is 0.738. The van der Waals surface area contributed by atoms with Crippen molar-refractivity contribution in [2.75, 3.05) is 20.3 Å². The zero-order valence-corrected chi connectivity index (χ0v) is 10.8. The highest BCUT2D eigenvalue weighted by Crippen LogP contribution is 2.08. The number of aromatic nitrogens is 1. The van der Waals surface area contributed by atoms with Crippen molar-refractivity contribution in [3.05, 3.63) is 24.0 Å². The summed E-state index contributed by atoms with van der Waals surface area (Å²) in [5, 5.41) is 11.3. The summed E-state index contributed by atoms with van der Waals surface area (Å²) in [7, 11) is 1.55. The van der Waals surface area contributed by atoms with Gasteiger partial charge >= 0.3 is 5.97 Å². The lowest BCUT2D eigenvalue weighted by Gasteiger charge is -2.13. The highest BCUT2D eigenvalue weighted by molar-refractivity contribution is 5.85. The van der Waals surface area contributed by atoms with Crippen molar-refractivity contribution in [2.45, 2.75) is 13.0 Å². The number of rotatable bonds is 7. The fourth-order valence-corrected chi connectivity index (χ4v) is 1.35. The molecule has 104 valence electrons. The van der Waals surface area contributed by atoms with Crippen LogP contribution in [-0.4, -0.2) is 48.3 Å². The molecule has 1 aromatic rings. The van der Waals surface area contributed by atoms with Gasteiger partial charge in [-0.2, -0.15) is 0 Å². The molecule has 0 aromatic carbocycles. The fourth-order valence-electron chi connectivity index (χ4n) is 1.35. The lowest BCUT2D eigenvalue weighted by Crippen LogP contribution is -2.38. The number of hydrogen-bond donors (Lipinski definition) is 2. The highest BCUT2D eigenvalue weighted by Gasteiger charge is 2.08. The number of carbonyl (C=O) groups excluding carboxylic acids is 1. The monoisotopic (exact) mass is 268 g/mol. The molecule has 2 N–H and O–H groups in total. The normalized spacial score (nSPS) is 11.7. The van der Waals surface area contributed by atoms with Gasteiger partial charge in [0.05, 0.1) is 12.8 Å². The van der Waals surface area contributed by atoms with Crippen LogP contribution in [0.5, 0.6) is 5.75 Å². The van der Waals surface area contributed by atoms with E-state index >= 15 is 0 Å². The maximum atomic E-state index is 11.5. The number of amides is 1. The summed E-state index contributed by atoms with van der Waals surface area (Å²) in [4.78, 5) is 25.7. The minimum Gasteiger partial charge on any atom is -0.482 e. The lowest BCUT2D eigenvalue weighted by molar-refractivity contribution is -0.124. The van der Waals surface area contributed by atoms with Crippen molar-refractivity contribution in [3.8, 4) is 5.75 Å². The van der Waals surface area contributed by atoms with E-state index < -0.39 is 5.97 Å². The number of ether oxygens (including phenoxy) is 2. The first-order valence-corrected chi connectivity index (χ1v) is 5.63. The number of carboxylic acids is 1. The maximum absolute atomic E-state index is 11.5. The second-order valence-corrected chi connectivity index (χ2v) is 3.90. The van der Waals surface area contributed by atoms with Crippen LogP contribution in [0.4, 0.5) is 0 Å². The molecule has 1 rings (SSSR count). The Hall–Kier alpha value is -2.15. The van der Waals surface area contributed by atoms with Crippen LogP contribution in [0.1, 0.15) is 17.4 Å². The third-order valence-corrected chi connectivity index (χ3v) is 2.15.